The van der Waals surface area contributed by atoms with Crippen LogP contribution in [0.25, 0.3) is 0 Å². The van der Waals surface area contributed by atoms with Crippen molar-refractivity contribution in [2.75, 3.05) is 0 Å². The maximum absolute atomic E-state index is 12.8. The Hall–Kier alpha value is -0.420. The van der Waals surface area contributed by atoms with Crippen LogP contribution >= 0.6 is 0 Å². The molecule has 126 valence electrons. The molecule has 0 aliphatic heterocycles. The zero-order valence-electron chi connectivity index (χ0n) is 12.9. The predicted molar refractivity (Wildman–Crippen MR) is 69.7 cm³/mol. The molecule has 1 rings (SSSR count). The number of hydrogen-bond acceptors (Lipinski definition) is 0. The average molecular weight is 318 g/mol. The van der Waals surface area contributed by atoms with Crippen LogP contribution in [-0.2, 0) is 0 Å². The van der Waals surface area contributed by atoms with Crippen LogP contribution < -0.4 is 0 Å². The highest BCUT2D eigenvalue weighted by atomic mass is 19.4. The Labute approximate surface area is 122 Å². The Balaban J connectivity index is 2.92. The highest BCUT2D eigenvalue weighted by Gasteiger charge is 2.60. The summed E-state index contributed by atoms with van der Waals surface area (Å²) >= 11 is 0. The molecule has 0 atom stereocenters. The summed E-state index contributed by atoms with van der Waals surface area (Å²) < 4.78 is 76.7. The van der Waals surface area contributed by atoms with Gasteiger partial charge in [0.1, 0.15) is 0 Å². The van der Waals surface area contributed by atoms with Crippen LogP contribution in [0, 0.1) is 29.1 Å². The van der Waals surface area contributed by atoms with E-state index in [1.54, 1.807) is 0 Å². The van der Waals surface area contributed by atoms with Gasteiger partial charge >= 0.3 is 12.4 Å². The summed E-state index contributed by atoms with van der Waals surface area (Å²) in [6, 6.07) is 0. The second kappa shape index (κ2) is 5.99. The van der Waals surface area contributed by atoms with Gasteiger partial charge in [-0.2, -0.15) is 26.3 Å². The third-order valence-corrected chi connectivity index (χ3v) is 5.44. The minimum absolute atomic E-state index is 0.0000463. The van der Waals surface area contributed by atoms with Crippen molar-refractivity contribution in [3.05, 3.63) is 0 Å². The average Bonchev–Trinajstić information content (AvgIpc) is 2.25. The first-order valence-corrected chi connectivity index (χ1v) is 7.45. The zero-order valence-corrected chi connectivity index (χ0v) is 12.9. The molecule has 0 aromatic heterocycles. The lowest BCUT2D eigenvalue weighted by molar-refractivity contribution is -0.302. The van der Waals surface area contributed by atoms with E-state index in [4.69, 9.17) is 0 Å². The fraction of sp³-hybridized carbons (Fsp3) is 1.00. The van der Waals surface area contributed by atoms with E-state index in [1.165, 1.54) is 0 Å². The first kappa shape index (κ1) is 18.6. The van der Waals surface area contributed by atoms with Gasteiger partial charge in [0.2, 0.25) is 0 Å². The van der Waals surface area contributed by atoms with E-state index in [-0.39, 0.29) is 30.1 Å². The SMILES string of the molecule is CC(C)C1(C(C)C)CCC(C(C(F)(F)F)C(F)(F)F)CC1. The van der Waals surface area contributed by atoms with Gasteiger partial charge in [-0.25, -0.2) is 0 Å². The molecule has 0 aromatic rings. The van der Waals surface area contributed by atoms with Crippen molar-refractivity contribution in [3.8, 4) is 0 Å². The fourth-order valence-electron chi connectivity index (χ4n) is 4.05. The summed E-state index contributed by atoms with van der Waals surface area (Å²) in [6.07, 6.45) is -9.54. The minimum atomic E-state index is -5.21. The molecular weight excluding hydrogens is 294 g/mol. The van der Waals surface area contributed by atoms with E-state index >= 15 is 0 Å². The topological polar surface area (TPSA) is 0 Å². The van der Waals surface area contributed by atoms with Crippen molar-refractivity contribution in [1.82, 2.24) is 0 Å². The standard InChI is InChI=1S/C15H24F6/c1-9(2)13(10(3)4)7-5-11(6-8-13)12(14(16,17)18)15(19,20)21/h9-12H,5-8H2,1-4H3. The van der Waals surface area contributed by atoms with Crippen molar-refractivity contribution in [2.45, 2.75) is 65.7 Å². The molecule has 0 radical (unpaired) electrons. The minimum Gasteiger partial charge on any atom is -0.170 e. The number of hydrogen-bond donors (Lipinski definition) is 0. The molecule has 0 unspecified atom stereocenters. The van der Waals surface area contributed by atoms with Crippen LogP contribution in [0.2, 0.25) is 0 Å². The number of rotatable bonds is 3. The normalized spacial score (nSPS) is 21.6. The Morgan fingerprint density at radius 1 is 0.762 bits per heavy atom. The molecule has 0 N–H and O–H groups in total. The molecule has 1 fully saturated rings. The fourth-order valence-corrected chi connectivity index (χ4v) is 4.05. The number of alkyl halides is 6. The van der Waals surface area contributed by atoms with Gasteiger partial charge in [-0.1, -0.05) is 27.7 Å². The molecule has 0 aromatic carbocycles. The molecule has 0 nitrogen and oxygen atoms in total. The molecular formula is C15H24F6. The van der Waals surface area contributed by atoms with Crippen LogP contribution in [-0.4, -0.2) is 12.4 Å². The molecule has 1 aliphatic carbocycles. The first-order valence-electron chi connectivity index (χ1n) is 7.45. The predicted octanol–water partition coefficient (Wildman–Crippen LogP) is 6.22. The van der Waals surface area contributed by atoms with Crippen molar-refractivity contribution < 1.29 is 26.3 Å². The van der Waals surface area contributed by atoms with Crippen LogP contribution in [0.5, 0.6) is 0 Å². The summed E-state index contributed by atoms with van der Waals surface area (Å²) in [6.45, 7) is 8.02. The zero-order chi connectivity index (χ0) is 16.6. The summed E-state index contributed by atoms with van der Waals surface area (Å²) in [5.74, 6) is -4.00. The third kappa shape index (κ3) is 3.86. The van der Waals surface area contributed by atoms with Gasteiger partial charge < -0.3 is 0 Å². The largest absolute Gasteiger partial charge is 0.400 e. The van der Waals surface area contributed by atoms with Crippen molar-refractivity contribution in [2.24, 2.45) is 29.1 Å². The van der Waals surface area contributed by atoms with Gasteiger partial charge in [-0.05, 0) is 48.9 Å². The summed E-state index contributed by atoms with van der Waals surface area (Å²) in [5.41, 5.74) is -0.141. The second-order valence-corrected chi connectivity index (χ2v) is 6.94. The smallest absolute Gasteiger partial charge is 0.170 e. The molecule has 0 spiro atoms. The van der Waals surface area contributed by atoms with E-state index in [1.807, 2.05) is 27.7 Å². The Morgan fingerprint density at radius 2 is 1.10 bits per heavy atom. The van der Waals surface area contributed by atoms with Gasteiger partial charge in [0.15, 0.2) is 5.92 Å². The molecule has 21 heavy (non-hydrogen) atoms. The van der Waals surface area contributed by atoms with Gasteiger partial charge in [0, 0.05) is 0 Å². The van der Waals surface area contributed by atoms with Crippen LogP contribution in [0.4, 0.5) is 26.3 Å². The van der Waals surface area contributed by atoms with E-state index in [2.05, 4.69) is 0 Å². The molecule has 1 saturated carbocycles. The Morgan fingerprint density at radius 3 is 1.33 bits per heavy atom. The lowest BCUT2D eigenvalue weighted by Gasteiger charge is -2.48. The number of halogens is 6. The summed E-state index contributed by atoms with van der Waals surface area (Å²) in [4.78, 5) is 0. The summed E-state index contributed by atoms with van der Waals surface area (Å²) in [5, 5.41) is 0. The molecule has 0 saturated heterocycles. The third-order valence-electron chi connectivity index (χ3n) is 5.44. The quantitative estimate of drug-likeness (QED) is 0.542. The van der Waals surface area contributed by atoms with E-state index < -0.39 is 24.2 Å². The van der Waals surface area contributed by atoms with Gasteiger partial charge in [0.05, 0.1) is 0 Å². The summed E-state index contributed by atoms with van der Waals surface area (Å²) in [7, 11) is 0. The highest BCUT2D eigenvalue weighted by Crippen LogP contribution is 2.55. The molecule has 0 amide bonds. The Bertz CT molecular complexity index is 307. The lowest BCUT2D eigenvalue weighted by Crippen LogP contribution is -2.46. The molecule has 1 aliphatic rings. The molecule has 0 bridgehead atoms. The Kier molecular flexibility index (Phi) is 5.32. The van der Waals surface area contributed by atoms with Gasteiger partial charge in [-0.3, -0.25) is 0 Å². The maximum atomic E-state index is 12.8. The monoisotopic (exact) mass is 318 g/mol. The van der Waals surface area contributed by atoms with E-state index in [0.717, 1.165) is 0 Å². The first-order chi connectivity index (χ1) is 9.32. The second-order valence-electron chi connectivity index (χ2n) is 6.94. The van der Waals surface area contributed by atoms with Crippen molar-refractivity contribution in [1.29, 1.82) is 0 Å². The van der Waals surface area contributed by atoms with Crippen LogP contribution in [0.15, 0.2) is 0 Å². The van der Waals surface area contributed by atoms with Gasteiger partial charge in [0.25, 0.3) is 0 Å². The van der Waals surface area contributed by atoms with Crippen LogP contribution in [0.3, 0.4) is 0 Å². The van der Waals surface area contributed by atoms with Crippen molar-refractivity contribution in [3.63, 3.8) is 0 Å². The van der Waals surface area contributed by atoms with E-state index in [9.17, 15) is 26.3 Å². The molecule has 0 heterocycles. The highest BCUT2D eigenvalue weighted by molar-refractivity contribution is 4.94. The lowest BCUT2D eigenvalue weighted by atomic mass is 9.58. The van der Waals surface area contributed by atoms with Crippen LogP contribution in [0.1, 0.15) is 53.4 Å². The maximum Gasteiger partial charge on any atom is 0.400 e. The molecule has 6 heteroatoms. The van der Waals surface area contributed by atoms with Crippen molar-refractivity contribution >= 4 is 0 Å². The van der Waals surface area contributed by atoms with Gasteiger partial charge in [-0.15, -0.1) is 0 Å². The van der Waals surface area contributed by atoms with E-state index in [0.29, 0.717) is 12.8 Å².